The van der Waals surface area contributed by atoms with Gasteiger partial charge in [-0.1, -0.05) is 17.7 Å². The van der Waals surface area contributed by atoms with Gasteiger partial charge in [0.05, 0.1) is 12.3 Å². The molecule has 1 aromatic rings. The maximum absolute atomic E-state index is 12.0. The van der Waals surface area contributed by atoms with Crippen LogP contribution in [0.5, 0.6) is 0 Å². The van der Waals surface area contributed by atoms with Crippen molar-refractivity contribution in [1.29, 1.82) is 0 Å². The maximum Gasteiger partial charge on any atom is 0.360 e. The van der Waals surface area contributed by atoms with Crippen LogP contribution in [0.4, 0.5) is 5.69 Å². The van der Waals surface area contributed by atoms with Crippen molar-refractivity contribution in [3.63, 3.8) is 0 Å². The maximum atomic E-state index is 12.0. The first-order valence-electron chi connectivity index (χ1n) is 6.84. The second kappa shape index (κ2) is 7.08. The lowest BCUT2D eigenvalue weighted by atomic mass is 10.0. The Balaban J connectivity index is 3.52. The van der Waals surface area contributed by atoms with Crippen LogP contribution < -0.4 is 10.0 Å². The van der Waals surface area contributed by atoms with Crippen molar-refractivity contribution >= 4 is 22.0 Å². The van der Waals surface area contributed by atoms with Gasteiger partial charge in [-0.25, -0.2) is 9.10 Å². The molecule has 0 aliphatic rings. The summed E-state index contributed by atoms with van der Waals surface area (Å²) in [5, 5.41) is 0. The molecule has 7 nitrogen and oxygen atoms in total. The van der Waals surface area contributed by atoms with Gasteiger partial charge >= 0.3 is 16.3 Å². The van der Waals surface area contributed by atoms with Crippen LogP contribution in [0.3, 0.4) is 0 Å². The summed E-state index contributed by atoms with van der Waals surface area (Å²) in [5.74, 6) is -0.804. The highest BCUT2D eigenvalue weighted by atomic mass is 32.2. The minimum atomic E-state index is -4.70. The summed E-state index contributed by atoms with van der Waals surface area (Å²) in [4.78, 5) is 12.0. The molecule has 8 heteroatoms. The van der Waals surface area contributed by atoms with Crippen molar-refractivity contribution in [1.82, 2.24) is 0 Å². The van der Waals surface area contributed by atoms with Gasteiger partial charge in [0, 0.05) is 6.54 Å². The van der Waals surface area contributed by atoms with Gasteiger partial charge in [-0.15, -0.1) is 0 Å². The van der Waals surface area contributed by atoms with Gasteiger partial charge in [0.2, 0.25) is 0 Å². The largest absolute Gasteiger partial charge is 0.464 e. The average molecular weight is 330 g/mol. The molecule has 0 heterocycles. The fourth-order valence-electron chi connectivity index (χ4n) is 2.48. The quantitative estimate of drug-likeness (QED) is 0.597. The molecule has 124 valence electrons. The summed E-state index contributed by atoms with van der Waals surface area (Å²) in [5.41, 5.74) is 7.94. The van der Waals surface area contributed by atoms with Gasteiger partial charge in [0.15, 0.2) is 6.04 Å². The first-order valence-corrected chi connectivity index (χ1v) is 8.24. The second-order valence-electron chi connectivity index (χ2n) is 5.02. The second-order valence-corrected chi connectivity index (χ2v) is 6.31. The van der Waals surface area contributed by atoms with Gasteiger partial charge in [-0.05, 0) is 38.8 Å². The predicted molar refractivity (Wildman–Crippen MR) is 84.2 cm³/mol. The van der Waals surface area contributed by atoms with Crippen LogP contribution in [0.2, 0.25) is 0 Å². The van der Waals surface area contributed by atoms with Crippen molar-refractivity contribution in [3.8, 4) is 0 Å². The number of rotatable bonds is 6. The Bertz CT molecular complexity index is 634. The summed E-state index contributed by atoms with van der Waals surface area (Å²) in [6, 6.07) is 2.20. The normalized spacial score (nSPS) is 12.8. The molecule has 0 saturated carbocycles. The summed E-state index contributed by atoms with van der Waals surface area (Å²) >= 11 is 0. The van der Waals surface area contributed by atoms with Crippen LogP contribution >= 0.6 is 0 Å². The van der Waals surface area contributed by atoms with Crippen molar-refractivity contribution in [2.45, 2.75) is 33.7 Å². The fourth-order valence-corrected chi connectivity index (χ4v) is 3.49. The van der Waals surface area contributed by atoms with E-state index in [9.17, 15) is 17.8 Å². The molecule has 0 aromatic heterocycles. The number of hydrogen-bond donors (Lipinski definition) is 2. The van der Waals surface area contributed by atoms with Crippen molar-refractivity contribution in [2.24, 2.45) is 5.73 Å². The van der Waals surface area contributed by atoms with Gasteiger partial charge < -0.3 is 10.5 Å². The summed E-state index contributed by atoms with van der Waals surface area (Å²) in [6.07, 6.45) is 0. The molecule has 0 aliphatic heterocycles. The van der Waals surface area contributed by atoms with E-state index in [1.165, 1.54) is 0 Å². The Hall–Kier alpha value is -1.64. The SMILES string of the molecule is CCOC(=O)C(CN)N(c1c(C)cc(C)cc1C)S(=O)(=O)O. The number of esters is 1. The van der Waals surface area contributed by atoms with Crippen LogP contribution in [0, 0.1) is 20.8 Å². The summed E-state index contributed by atoms with van der Waals surface area (Å²) in [7, 11) is -4.70. The third kappa shape index (κ3) is 3.96. The van der Waals surface area contributed by atoms with Crippen LogP contribution in [0.15, 0.2) is 12.1 Å². The van der Waals surface area contributed by atoms with Crippen LogP contribution in [0.25, 0.3) is 0 Å². The molecule has 0 bridgehead atoms. The number of ether oxygens (including phenoxy) is 1. The minimum Gasteiger partial charge on any atom is -0.464 e. The zero-order valence-electron chi connectivity index (χ0n) is 13.2. The highest BCUT2D eigenvalue weighted by Gasteiger charge is 2.36. The Morgan fingerprint density at radius 2 is 1.82 bits per heavy atom. The number of anilines is 1. The number of aryl methyl sites for hydroxylation is 3. The number of nitrogens with zero attached hydrogens (tertiary/aromatic N) is 1. The molecule has 0 aliphatic carbocycles. The van der Waals surface area contributed by atoms with E-state index >= 15 is 0 Å². The lowest BCUT2D eigenvalue weighted by Gasteiger charge is -2.30. The lowest BCUT2D eigenvalue weighted by Crippen LogP contribution is -2.50. The molecule has 1 aromatic carbocycles. The number of carbonyl (C=O) groups excluding carboxylic acids is 1. The highest BCUT2D eigenvalue weighted by Crippen LogP contribution is 2.30. The number of hydrogen-bond acceptors (Lipinski definition) is 5. The van der Waals surface area contributed by atoms with Gasteiger partial charge in [-0.2, -0.15) is 8.42 Å². The molecule has 1 unspecified atom stereocenters. The third-order valence-electron chi connectivity index (χ3n) is 3.17. The van der Waals surface area contributed by atoms with Gasteiger partial charge in [-0.3, -0.25) is 4.55 Å². The molecule has 1 rings (SSSR count). The Morgan fingerprint density at radius 3 is 2.18 bits per heavy atom. The van der Waals surface area contributed by atoms with E-state index in [-0.39, 0.29) is 18.8 Å². The first-order chi connectivity index (χ1) is 10.1. The Kier molecular flexibility index (Phi) is 5.92. The minimum absolute atomic E-state index is 0.0838. The summed E-state index contributed by atoms with van der Waals surface area (Å²) < 4.78 is 38.8. The fraction of sp³-hybridized carbons (Fsp3) is 0.500. The van der Waals surface area contributed by atoms with E-state index in [0.717, 1.165) is 5.56 Å². The van der Waals surface area contributed by atoms with Gasteiger partial charge in [0.25, 0.3) is 0 Å². The third-order valence-corrected chi connectivity index (χ3v) is 4.10. The zero-order chi connectivity index (χ0) is 17.1. The van der Waals surface area contributed by atoms with Gasteiger partial charge in [0.1, 0.15) is 0 Å². The highest BCUT2D eigenvalue weighted by molar-refractivity contribution is 7.87. The number of benzene rings is 1. The Morgan fingerprint density at radius 1 is 1.32 bits per heavy atom. The number of nitrogens with two attached hydrogens (primary N) is 1. The van der Waals surface area contributed by atoms with Crippen molar-refractivity contribution in [3.05, 3.63) is 28.8 Å². The molecule has 22 heavy (non-hydrogen) atoms. The molecule has 0 spiro atoms. The average Bonchev–Trinajstić information content (AvgIpc) is 2.35. The smallest absolute Gasteiger partial charge is 0.360 e. The van der Waals surface area contributed by atoms with Crippen LogP contribution in [-0.2, 0) is 19.8 Å². The molecule has 0 amide bonds. The van der Waals surface area contributed by atoms with Crippen LogP contribution in [-0.4, -0.2) is 38.1 Å². The van der Waals surface area contributed by atoms with E-state index in [1.54, 1.807) is 32.9 Å². The molecular formula is C14H22N2O5S. The molecule has 3 N–H and O–H groups in total. The summed E-state index contributed by atoms with van der Waals surface area (Å²) in [6.45, 7) is 6.64. The molecule has 0 fully saturated rings. The van der Waals surface area contributed by atoms with Crippen molar-refractivity contribution in [2.75, 3.05) is 17.5 Å². The van der Waals surface area contributed by atoms with Crippen molar-refractivity contribution < 1.29 is 22.5 Å². The first kappa shape index (κ1) is 18.4. The lowest BCUT2D eigenvalue weighted by molar-refractivity contribution is -0.144. The number of carbonyl (C=O) groups is 1. The van der Waals surface area contributed by atoms with E-state index in [1.807, 2.05) is 6.92 Å². The van der Waals surface area contributed by atoms with E-state index < -0.39 is 22.3 Å². The van der Waals surface area contributed by atoms with E-state index in [2.05, 4.69) is 0 Å². The zero-order valence-corrected chi connectivity index (χ0v) is 14.0. The standard InChI is InChI=1S/C14H22N2O5S/c1-5-21-14(17)12(8-15)16(22(18,19)20)13-10(3)6-9(2)7-11(13)4/h6-7,12H,5,8,15H2,1-4H3,(H,18,19,20). The molecule has 0 radical (unpaired) electrons. The molecule has 0 saturated heterocycles. The predicted octanol–water partition coefficient (Wildman–Crippen LogP) is 1.11. The molecular weight excluding hydrogens is 308 g/mol. The monoisotopic (exact) mass is 330 g/mol. The molecule has 1 atom stereocenters. The Labute approximate surface area is 130 Å². The van der Waals surface area contributed by atoms with E-state index in [4.69, 9.17) is 10.5 Å². The topological polar surface area (TPSA) is 110 Å². The van der Waals surface area contributed by atoms with E-state index in [0.29, 0.717) is 15.4 Å². The van der Waals surface area contributed by atoms with Crippen LogP contribution in [0.1, 0.15) is 23.6 Å².